The topological polar surface area (TPSA) is 18.5 Å². The molecule has 0 bridgehead atoms. The quantitative estimate of drug-likeness (QED) is 0.453. The van der Waals surface area contributed by atoms with Crippen molar-refractivity contribution in [3.63, 3.8) is 0 Å². The number of allylic oxidation sites excluding steroid dienone is 1. The van der Waals surface area contributed by atoms with Gasteiger partial charge in [0.1, 0.15) is 0 Å². The van der Waals surface area contributed by atoms with E-state index in [1.807, 2.05) is 0 Å². The van der Waals surface area contributed by atoms with Gasteiger partial charge in [-0.05, 0) is 18.4 Å². The second kappa shape index (κ2) is 7.32. The third-order valence-corrected chi connectivity index (χ3v) is 1.83. The Hall–Kier alpha value is -0.340. The Morgan fingerprint density at radius 3 is 2.17 bits per heavy atom. The van der Waals surface area contributed by atoms with Crippen LogP contribution in [0.4, 0.5) is 0 Å². The van der Waals surface area contributed by atoms with Gasteiger partial charge in [0.2, 0.25) is 0 Å². The number of ether oxygens (including phenoxy) is 2. The minimum Gasteiger partial charge on any atom is -0.352 e. The molecular formula is C10H20O2. The van der Waals surface area contributed by atoms with Crippen molar-refractivity contribution in [1.82, 2.24) is 0 Å². The smallest absolute Gasteiger partial charge is 0.179 e. The lowest BCUT2D eigenvalue weighted by Gasteiger charge is -2.15. The fourth-order valence-electron chi connectivity index (χ4n) is 1.14. The van der Waals surface area contributed by atoms with Crippen molar-refractivity contribution in [2.75, 3.05) is 14.2 Å². The van der Waals surface area contributed by atoms with Gasteiger partial charge in [0, 0.05) is 14.2 Å². The Bertz CT molecular complexity index is 126. The van der Waals surface area contributed by atoms with E-state index in [2.05, 4.69) is 19.9 Å². The van der Waals surface area contributed by atoms with Crippen molar-refractivity contribution < 1.29 is 9.47 Å². The summed E-state index contributed by atoms with van der Waals surface area (Å²) in [6.45, 7) is 4.28. The van der Waals surface area contributed by atoms with Gasteiger partial charge in [0.15, 0.2) is 6.29 Å². The molecule has 0 radical (unpaired) electrons. The molecule has 0 rings (SSSR count). The van der Waals surface area contributed by atoms with Crippen LogP contribution in [0, 0.1) is 0 Å². The maximum Gasteiger partial charge on any atom is 0.179 e. The lowest BCUT2D eigenvalue weighted by molar-refractivity contribution is -0.0765. The van der Waals surface area contributed by atoms with E-state index in [9.17, 15) is 0 Å². The lowest BCUT2D eigenvalue weighted by atomic mass is 10.1. The van der Waals surface area contributed by atoms with Crippen molar-refractivity contribution in [3.8, 4) is 0 Å². The van der Waals surface area contributed by atoms with Crippen molar-refractivity contribution >= 4 is 0 Å². The summed E-state index contributed by atoms with van der Waals surface area (Å²) in [5.74, 6) is 0. The van der Waals surface area contributed by atoms with E-state index in [4.69, 9.17) is 9.47 Å². The fourth-order valence-corrected chi connectivity index (χ4v) is 1.14. The zero-order valence-corrected chi connectivity index (χ0v) is 8.59. The largest absolute Gasteiger partial charge is 0.352 e. The van der Waals surface area contributed by atoms with Gasteiger partial charge in [-0.15, -0.1) is 0 Å². The highest BCUT2D eigenvalue weighted by Crippen LogP contribution is 2.12. The first-order chi connectivity index (χ1) is 5.79. The van der Waals surface area contributed by atoms with Crippen LogP contribution in [-0.4, -0.2) is 20.5 Å². The van der Waals surface area contributed by atoms with Gasteiger partial charge in [0.25, 0.3) is 0 Å². The minimum atomic E-state index is -0.151. The molecule has 2 nitrogen and oxygen atoms in total. The molecule has 0 aromatic rings. The standard InChI is InChI=1S/C10H20O2/c1-5-7-8-9(6-2)10(11-3)12-4/h8,10H,5-7H2,1-4H3/b9-8+. The highest BCUT2D eigenvalue weighted by atomic mass is 16.7. The predicted molar refractivity (Wildman–Crippen MR) is 51.1 cm³/mol. The van der Waals surface area contributed by atoms with Crippen LogP contribution < -0.4 is 0 Å². The zero-order chi connectivity index (χ0) is 9.40. The van der Waals surface area contributed by atoms with Crippen LogP contribution in [0.25, 0.3) is 0 Å². The average molecular weight is 172 g/mol. The summed E-state index contributed by atoms with van der Waals surface area (Å²) < 4.78 is 10.3. The molecule has 72 valence electrons. The van der Waals surface area contributed by atoms with Crippen molar-refractivity contribution in [2.45, 2.75) is 39.4 Å². The van der Waals surface area contributed by atoms with E-state index in [-0.39, 0.29) is 6.29 Å². The monoisotopic (exact) mass is 172 g/mol. The molecule has 0 spiro atoms. The number of methoxy groups -OCH3 is 2. The summed E-state index contributed by atoms with van der Waals surface area (Å²) >= 11 is 0. The summed E-state index contributed by atoms with van der Waals surface area (Å²) in [6.07, 6.45) is 5.32. The van der Waals surface area contributed by atoms with E-state index in [0.717, 1.165) is 12.8 Å². The second-order valence-corrected chi connectivity index (χ2v) is 2.72. The molecule has 2 heteroatoms. The Kier molecular flexibility index (Phi) is 7.11. The molecule has 0 amide bonds. The summed E-state index contributed by atoms with van der Waals surface area (Å²) in [5, 5.41) is 0. The van der Waals surface area contributed by atoms with Crippen LogP contribution >= 0.6 is 0 Å². The first kappa shape index (κ1) is 11.7. The molecular weight excluding hydrogens is 152 g/mol. The molecule has 0 aromatic heterocycles. The average Bonchev–Trinajstić information content (AvgIpc) is 2.12. The van der Waals surface area contributed by atoms with E-state index in [1.165, 1.54) is 12.0 Å². The molecule has 12 heavy (non-hydrogen) atoms. The van der Waals surface area contributed by atoms with Crippen LogP contribution in [0.1, 0.15) is 33.1 Å². The SMILES string of the molecule is CCC/C=C(\CC)C(OC)OC. The third-order valence-electron chi connectivity index (χ3n) is 1.83. The first-order valence-electron chi connectivity index (χ1n) is 4.54. The molecule has 0 heterocycles. The highest BCUT2D eigenvalue weighted by Gasteiger charge is 2.08. The van der Waals surface area contributed by atoms with Crippen LogP contribution in [0.2, 0.25) is 0 Å². The molecule has 0 saturated carbocycles. The molecule has 0 aliphatic heterocycles. The normalized spacial score (nSPS) is 12.6. The third kappa shape index (κ3) is 3.88. The van der Waals surface area contributed by atoms with Gasteiger partial charge < -0.3 is 9.47 Å². The molecule has 0 unspecified atom stereocenters. The number of rotatable bonds is 6. The van der Waals surface area contributed by atoms with Gasteiger partial charge in [0.05, 0.1) is 0 Å². The van der Waals surface area contributed by atoms with Crippen molar-refractivity contribution in [1.29, 1.82) is 0 Å². The Morgan fingerprint density at radius 1 is 1.25 bits per heavy atom. The molecule has 0 aliphatic carbocycles. The van der Waals surface area contributed by atoms with Gasteiger partial charge in [-0.1, -0.05) is 26.3 Å². The Labute approximate surface area is 75.6 Å². The van der Waals surface area contributed by atoms with E-state index in [0.29, 0.717) is 0 Å². The Morgan fingerprint density at radius 2 is 1.83 bits per heavy atom. The minimum absolute atomic E-state index is 0.151. The van der Waals surface area contributed by atoms with E-state index >= 15 is 0 Å². The zero-order valence-electron chi connectivity index (χ0n) is 8.59. The van der Waals surface area contributed by atoms with Crippen LogP contribution in [-0.2, 0) is 9.47 Å². The molecule has 0 fully saturated rings. The van der Waals surface area contributed by atoms with Crippen LogP contribution in [0.15, 0.2) is 11.6 Å². The second-order valence-electron chi connectivity index (χ2n) is 2.72. The van der Waals surface area contributed by atoms with Gasteiger partial charge in [-0.25, -0.2) is 0 Å². The Balaban J connectivity index is 4.09. The maximum absolute atomic E-state index is 5.16. The molecule has 0 aliphatic rings. The molecule has 0 aromatic carbocycles. The number of hydrogen-bond donors (Lipinski definition) is 0. The van der Waals surface area contributed by atoms with Crippen molar-refractivity contribution in [3.05, 3.63) is 11.6 Å². The molecule has 0 saturated heterocycles. The number of unbranched alkanes of at least 4 members (excludes halogenated alkanes) is 1. The molecule has 0 atom stereocenters. The fraction of sp³-hybridized carbons (Fsp3) is 0.800. The predicted octanol–water partition coefficient (Wildman–Crippen LogP) is 2.74. The summed E-state index contributed by atoms with van der Waals surface area (Å²) in [6, 6.07) is 0. The first-order valence-corrected chi connectivity index (χ1v) is 4.54. The van der Waals surface area contributed by atoms with Gasteiger partial charge >= 0.3 is 0 Å². The van der Waals surface area contributed by atoms with Crippen LogP contribution in [0.5, 0.6) is 0 Å². The number of hydrogen-bond acceptors (Lipinski definition) is 2. The maximum atomic E-state index is 5.16. The van der Waals surface area contributed by atoms with Crippen molar-refractivity contribution in [2.24, 2.45) is 0 Å². The van der Waals surface area contributed by atoms with Crippen LogP contribution in [0.3, 0.4) is 0 Å². The summed E-state index contributed by atoms with van der Waals surface area (Å²) in [4.78, 5) is 0. The lowest BCUT2D eigenvalue weighted by Crippen LogP contribution is -2.15. The van der Waals surface area contributed by atoms with E-state index in [1.54, 1.807) is 14.2 Å². The summed E-state index contributed by atoms with van der Waals surface area (Å²) in [7, 11) is 3.34. The van der Waals surface area contributed by atoms with Gasteiger partial charge in [-0.2, -0.15) is 0 Å². The van der Waals surface area contributed by atoms with E-state index < -0.39 is 0 Å². The molecule has 0 N–H and O–H groups in total. The van der Waals surface area contributed by atoms with Gasteiger partial charge in [-0.3, -0.25) is 0 Å². The highest BCUT2D eigenvalue weighted by molar-refractivity contribution is 5.04. The summed E-state index contributed by atoms with van der Waals surface area (Å²) in [5.41, 5.74) is 1.24.